The highest BCUT2D eigenvalue weighted by Gasteiger charge is 2.47. The minimum Gasteiger partial charge on any atom is -0.466 e. The van der Waals surface area contributed by atoms with Crippen molar-refractivity contribution < 1.29 is 18.3 Å². The average molecular weight is 504 g/mol. The van der Waals surface area contributed by atoms with Crippen molar-refractivity contribution in [3.63, 3.8) is 0 Å². The molecule has 2 aliphatic carbocycles. The van der Waals surface area contributed by atoms with Crippen LogP contribution in [0.5, 0.6) is 5.19 Å². The van der Waals surface area contributed by atoms with Crippen LogP contribution in [0.15, 0.2) is 18.3 Å². The number of aromatic nitrogens is 2. The molecule has 0 saturated heterocycles. The first-order chi connectivity index (χ1) is 16.8. The number of fused-ring (bicyclic) bond motifs is 1. The average Bonchev–Trinajstić information content (AvgIpc) is 3.10. The van der Waals surface area contributed by atoms with Crippen LogP contribution in [0.25, 0.3) is 0 Å². The summed E-state index contributed by atoms with van der Waals surface area (Å²) in [5.41, 5.74) is 2.70. The summed E-state index contributed by atoms with van der Waals surface area (Å²) in [4.78, 5) is 25.4. The van der Waals surface area contributed by atoms with E-state index in [2.05, 4.69) is 14.9 Å². The second kappa shape index (κ2) is 10.6. The lowest BCUT2D eigenvalue weighted by Crippen LogP contribution is -2.43. The van der Waals surface area contributed by atoms with Crippen molar-refractivity contribution in [1.82, 2.24) is 14.9 Å². The molecule has 0 aromatic carbocycles. The van der Waals surface area contributed by atoms with Crippen LogP contribution in [0, 0.1) is 18.8 Å². The van der Waals surface area contributed by atoms with E-state index >= 15 is 0 Å². The van der Waals surface area contributed by atoms with Crippen molar-refractivity contribution in [1.29, 1.82) is 0 Å². The highest BCUT2D eigenvalue weighted by Crippen LogP contribution is 2.41. The van der Waals surface area contributed by atoms with Crippen molar-refractivity contribution in [2.45, 2.75) is 83.2 Å². The summed E-state index contributed by atoms with van der Waals surface area (Å²) in [6.07, 6.45) is 9.43. The van der Waals surface area contributed by atoms with Crippen molar-refractivity contribution in [3.05, 3.63) is 40.2 Å². The molecule has 0 unspecified atom stereocenters. The van der Waals surface area contributed by atoms with E-state index in [1.807, 2.05) is 19.1 Å². The minimum absolute atomic E-state index is 0.187. The van der Waals surface area contributed by atoms with E-state index < -0.39 is 5.92 Å². The topological polar surface area (TPSA) is 55.3 Å². The fourth-order valence-electron chi connectivity index (χ4n) is 5.73. The maximum atomic E-state index is 13.1. The van der Waals surface area contributed by atoms with E-state index in [0.29, 0.717) is 17.5 Å². The Hall–Kier alpha value is -1.93. The van der Waals surface area contributed by atoms with Gasteiger partial charge < -0.3 is 9.64 Å². The van der Waals surface area contributed by atoms with E-state index in [9.17, 15) is 13.6 Å². The Morgan fingerprint density at radius 1 is 1.17 bits per heavy atom. The minimum atomic E-state index is -2.56. The molecule has 0 bridgehead atoms. The zero-order valence-corrected chi connectivity index (χ0v) is 21.3. The summed E-state index contributed by atoms with van der Waals surface area (Å²) >= 11 is 1.54. The van der Waals surface area contributed by atoms with Crippen molar-refractivity contribution in [2.24, 2.45) is 11.8 Å². The molecule has 0 spiro atoms. The van der Waals surface area contributed by atoms with Gasteiger partial charge in [-0.1, -0.05) is 24.2 Å². The van der Waals surface area contributed by atoms with Crippen LogP contribution < -0.4 is 4.74 Å². The summed E-state index contributed by atoms with van der Waals surface area (Å²) < 4.78 is 31.8. The monoisotopic (exact) mass is 503 g/mol. The first-order valence-electron chi connectivity index (χ1n) is 13.0. The first-order valence-corrected chi connectivity index (χ1v) is 13.9. The third-order valence-corrected chi connectivity index (χ3v) is 9.05. The highest BCUT2D eigenvalue weighted by atomic mass is 32.1. The normalized spacial score (nSPS) is 24.9. The molecule has 5 rings (SSSR count). The lowest BCUT2D eigenvalue weighted by atomic mass is 9.78. The summed E-state index contributed by atoms with van der Waals surface area (Å²) in [5.74, 6) is -1.07. The molecule has 2 fully saturated rings. The number of ether oxygens (including phenoxy) is 1. The van der Waals surface area contributed by atoms with E-state index in [1.54, 1.807) is 17.5 Å². The van der Waals surface area contributed by atoms with Crippen LogP contribution in [-0.2, 0) is 12.8 Å². The Labute approximate surface area is 210 Å². The number of alkyl halides is 2. The van der Waals surface area contributed by atoms with Crippen LogP contribution >= 0.6 is 11.3 Å². The number of halogens is 2. The van der Waals surface area contributed by atoms with Gasteiger partial charge in [-0.2, -0.15) is 0 Å². The van der Waals surface area contributed by atoms with Gasteiger partial charge in [0.25, 0.3) is 11.1 Å². The van der Waals surface area contributed by atoms with Crippen molar-refractivity contribution in [2.75, 3.05) is 19.6 Å². The zero-order valence-electron chi connectivity index (χ0n) is 20.5. The molecule has 2 aromatic rings. The maximum absolute atomic E-state index is 13.1. The van der Waals surface area contributed by atoms with Gasteiger partial charge in [0.2, 0.25) is 0 Å². The second-order valence-corrected chi connectivity index (χ2v) is 11.7. The molecule has 0 amide bonds. The standard InChI is InChI=1S/C27H35F2N3O2S/c1-18-22(3-2-11-30-18)24(33)15-20-6-4-19(5-7-20)8-12-32-13-9-23-25(10-14-32)35-26(31-23)34-21-16-27(28,29)17-21/h2-3,11,19-21H,4-10,12-17H2,1H3. The molecule has 35 heavy (non-hydrogen) atoms. The number of ketones is 1. The third-order valence-electron chi connectivity index (χ3n) is 8.00. The molecule has 8 heteroatoms. The molecule has 0 atom stereocenters. The number of thiazole rings is 1. The smallest absolute Gasteiger partial charge is 0.273 e. The van der Waals surface area contributed by atoms with Gasteiger partial charge in [0.05, 0.1) is 5.69 Å². The van der Waals surface area contributed by atoms with Crippen LogP contribution in [0.1, 0.15) is 78.0 Å². The molecule has 0 radical (unpaired) electrons. The summed E-state index contributed by atoms with van der Waals surface area (Å²) in [7, 11) is 0. The molecule has 3 aliphatic rings. The van der Waals surface area contributed by atoms with Gasteiger partial charge in [-0.3, -0.25) is 9.78 Å². The third kappa shape index (κ3) is 6.26. The van der Waals surface area contributed by atoms with Gasteiger partial charge in [0.1, 0.15) is 6.10 Å². The van der Waals surface area contributed by atoms with Crippen molar-refractivity contribution >= 4 is 17.1 Å². The van der Waals surface area contributed by atoms with Crippen LogP contribution in [0.4, 0.5) is 8.78 Å². The number of carbonyl (C=O) groups excluding carboxylic acids is 1. The Kier molecular flexibility index (Phi) is 7.49. The lowest BCUT2D eigenvalue weighted by molar-refractivity contribution is -0.134. The van der Waals surface area contributed by atoms with Gasteiger partial charge in [0.15, 0.2) is 5.78 Å². The highest BCUT2D eigenvalue weighted by molar-refractivity contribution is 7.13. The fraction of sp³-hybridized carbons (Fsp3) is 0.667. The van der Waals surface area contributed by atoms with Crippen LogP contribution in [-0.4, -0.2) is 52.3 Å². The number of rotatable bonds is 8. The zero-order chi connectivity index (χ0) is 24.4. The molecule has 0 N–H and O–H groups in total. The molecule has 2 aromatic heterocycles. The predicted molar refractivity (Wildman–Crippen MR) is 133 cm³/mol. The Morgan fingerprint density at radius 2 is 1.91 bits per heavy atom. The van der Waals surface area contributed by atoms with Gasteiger partial charge in [-0.05, 0) is 63.1 Å². The number of hydrogen-bond acceptors (Lipinski definition) is 6. The second-order valence-electron chi connectivity index (χ2n) is 10.6. The molecule has 2 saturated carbocycles. The number of carbonyl (C=O) groups is 1. The van der Waals surface area contributed by atoms with E-state index in [-0.39, 0.29) is 24.7 Å². The molecule has 5 nitrogen and oxygen atoms in total. The fourth-order valence-corrected chi connectivity index (χ4v) is 6.74. The molecule has 190 valence electrons. The summed E-state index contributed by atoms with van der Waals surface area (Å²) in [6.45, 7) is 5.03. The van der Waals surface area contributed by atoms with Gasteiger partial charge >= 0.3 is 0 Å². The number of pyridine rings is 1. The largest absolute Gasteiger partial charge is 0.466 e. The SMILES string of the molecule is Cc1ncccc1C(=O)CC1CCC(CCN2CCc3nc(OC4CC(F)(F)C4)sc3CC2)CC1. The molecule has 3 heterocycles. The summed E-state index contributed by atoms with van der Waals surface area (Å²) in [5, 5.41) is 0.567. The Balaban J connectivity index is 1.01. The van der Waals surface area contributed by atoms with Crippen molar-refractivity contribution in [3.8, 4) is 5.19 Å². The Bertz CT molecular complexity index is 1000. The Morgan fingerprint density at radius 3 is 2.66 bits per heavy atom. The molecular weight excluding hydrogens is 468 g/mol. The first kappa shape index (κ1) is 24.8. The van der Waals surface area contributed by atoms with Crippen LogP contribution in [0.3, 0.4) is 0 Å². The number of nitrogens with zero attached hydrogens (tertiary/aromatic N) is 3. The molecular formula is C27H35F2N3O2S. The van der Waals surface area contributed by atoms with Gasteiger partial charge in [-0.25, -0.2) is 13.8 Å². The van der Waals surface area contributed by atoms with Crippen LogP contribution in [0.2, 0.25) is 0 Å². The van der Waals surface area contributed by atoms with E-state index in [0.717, 1.165) is 68.2 Å². The van der Waals surface area contributed by atoms with E-state index in [1.165, 1.54) is 24.1 Å². The van der Waals surface area contributed by atoms with Gasteiger partial charge in [-0.15, -0.1) is 0 Å². The summed E-state index contributed by atoms with van der Waals surface area (Å²) in [6, 6.07) is 3.75. The lowest BCUT2D eigenvalue weighted by Gasteiger charge is -2.33. The number of aryl methyl sites for hydroxylation is 1. The quantitative estimate of drug-likeness (QED) is 0.420. The maximum Gasteiger partial charge on any atom is 0.273 e. The van der Waals surface area contributed by atoms with E-state index in [4.69, 9.17) is 4.74 Å². The van der Waals surface area contributed by atoms with Gasteiger partial charge in [0, 0.05) is 61.1 Å². The predicted octanol–water partition coefficient (Wildman–Crippen LogP) is 5.89. The number of hydrogen-bond donors (Lipinski definition) is 0. The number of Topliss-reactive ketones (excluding diaryl/α,β-unsaturated/α-hetero) is 1. The molecule has 1 aliphatic heterocycles.